The molecule has 1 atom stereocenters. The van der Waals surface area contributed by atoms with Crippen molar-refractivity contribution in [3.05, 3.63) is 71.2 Å². The second kappa shape index (κ2) is 8.90. The van der Waals surface area contributed by atoms with Gasteiger partial charge < -0.3 is 14.8 Å². The SMILES string of the molecule is Cc1nc(C(=O)N(C)C)ccc1C(=O)N1CCCCC1c1ncc(-c2cccc(F)c2)[nH]1. The van der Waals surface area contributed by atoms with Crippen LogP contribution >= 0.6 is 0 Å². The number of imidazole rings is 1. The zero-order valence-electron chi connectivity index (χ0n) is 18.4. The van der Waals surface area contributed by atoms with Gasteiger partial charge in [-0.1, -0.05) is 12.1 Å². The van der Waals surface area contributed by atoms with E-state index in [-0.39, 0.29) is 23.7 Å². The number of likely N-dealkylation sites (tertiary alicyclic amines) is 1. The Labute approximate surface area is 186 Å². The number of aromatic amines is 1. The van der Waals surface area contributed by atoms with E-state index in [2.05, 4.69) is 15.0 Å². The summed E-state index contributed by atoms with van der Waals surface area (Å²) in [5.41, 5.74) is 2.72. The lowest BCUT2D eigenvalue weighted by atomic mass is 9.99. The van der Waals surface area contributed by atoms with E-state index < -0.39 is 0 Å². The van der Waals surface area contributed by atoms with E-state index in [9.17, 15) is 14.0 Å². The number of nitrogens with zero attached hydrogens (tertiary/aromatic N) is 4. The number of pyridine rings is 1. The zero-order valence-corrected chi connectivity index (χ0v) is 18.4. The average Bonchev–Trinajstić information content (AvgIpc) is 3.28. The highest BCUT2D eigenvalue weighted by Gasteiger charge is 2.32. The molecule has 0 radical (unpaired) electrons. The number of rotatable bonds is 4. The minimum Gasteiger partial charge on any atom is -0.343 e. The summed E-state index contributed by atoms with van der Waals surface area (Å²) in [5, 5.41) is 0. The summed E-state index contributed by atoms with van der Waals surface area (Å²) in [6.07, 6.45) is 4.35. The van der Waals surface area contributed by atoms with Crippen LogP contribution in [0.5, 0.6) is 0 Å². The van der Waals surface area contributed by atoms with Gasteiger partial charge >= 0.3 is 0 Å². The van der Waals surface area contributed by atoms with Crippen LogP contribution in [0.15, 0.2) is 42.6 Å². The van der Waals surface area contributed by atoms with Gasteiger partial charge in [0.05, 0.1) is 29.2 Å². The third kappa shape index (κ3) is 4.26. The third-order valence-electron chi connectivity index (χ3n) is 5.75. The Bertz CT molecular complexity index is 1160. The predicted molar refractivity (Wildman–Crippen MR) is 119 cm³/mol. The van der Waals surface area contributed by atoms with Crippen molar-refractivity contribution in [3.8, 4) is 11.3 Å². The standard InChI is InChI=1S/C24H26FN5O2/c1-15-18(10-11-19(27-15)24(32)29(2)3)23(31)30-12-5-4-9-21(30)22-26-14-20(28-22)16-7-6-8-17(25)13-16/h6-8,10-11,13-14,21H,4-5,9,12H2,1-3H3,(H,26,28). The average molecular weight is 436 g/mol. The fourth-order valence-electron chi connectivity index (χ4n) is 4.06. The van der Waals surface area contributed by atoms with Crippen molar-refractivity contribution < 1.29 is 14.0 Å². The zero-order chi connectivity index (χ0) is 22.8. The van der Waals surface area contributed by atoms with Crippen LogP contribution in [0.1, 0.15) is 57.7 Å². The summed E-state index contributed by atoms with van der Waals surface area (Å²) in [6.45, 7) is 2.35. The minimum absolute atomic E-state index is 0.132. The molecule has 1 fully saturated rings. The van der Waals surface area contributed by atoms with Crippen LogP contribution in [-0.2, 0) is 0 Å². The van der Waals surface area contributed by atoms with E-state index >= 15 is 0 Å². The van der Waals surface area contributed by atoms with Gasteiger partial charge in [-0.15, -0.1) is 0 Å². The third-order valence-corrected chi connectivity index (χ3v) is 5.75. The molecule has 1 unspecified atom stereocenters. The fraction of sp³-hybridized carbons (Fsp3) is 0.333. The molecule has 1 saturated heterocycles. The summed E-state index contributed by atoms with van der Waals surface area (Å²) in [7, 11) is 3.33. The highest BCUT2D eigenvalue weighted by Crippen LogP contribution is 2.32. The van der Waals surface area contributed by atoms with Crippen LogP contribution in [-0.4, -0.2) is 57.2 Å². The number of carbonyl (C=O) groups is 2. The van der Waals surface area contributed by atoms with Gasteiger partial charge in [-0.25, -0.2) is 14.4 Å². The summed E-state index contributed by atoms with van der Waals surface area (Å²) in [6, 6.07) is 9.38. The van der Waals surface area contributed by atoms with Crippen LogP contribution in [0, 0.1) is 12.7 Å². The molecule has 0 saturated carbocycles. The number of benzene rings is 1. The van der Waals surface area contributed by atoms with Crippen LogP contribution < -0.4 is 0 Å². The lowest BCUT2D eigenvalue weighted by molar-refractivity contribution is 0.0599. The normalized spacial score (nSPS) is 16.1. The maximum Gasteiger partial charge on any atom is 0.271 e. The number of aromatic nitrogens is 3. The molecule has 1 aliphatic rings. The molecule has 4 rings (SSSR count). The van der Waals surface area contributed by atoms with Crippen molar-refractivity contribution in [2.24, 2.45) is 0 Å². The summed E-state index contributed by atoms with van der Waals surface area (Å²) in [5.74, 6) is 0.0327. The second-order valence-electron chi connectivity index (χ2n) is 8.23. The smallest absolute Gasteiger partial charge is 0.271 e. The number of carbonyl (C=O) groups excluding carboxylic acids is 2. The lowest BCUT2D eigenvalue weighted by Crippen LogP contribution is -2.39. The van der Waals surface area contributed by atoms with Gasteiger partial charge in [0.15, 0.2) is 0 Å². The highest BCUT2D eigenvalue weighted by molar-refractivity contribution is 5.97. The number of hydrogen-bond acceptors (Lipinski definition) is 4. The summed E-state index contributed by atoms with van der Waals surface area (Å²) >= 11 is 0. The van der Waals surface area contributed by atoms with Gasteiger partial charge in [-0.05, 0) is 50.5 Å². The molecule has 0 aliphatic carbocycles. The molecule has 0 bridgehead atoms. The van der Waals surface area contributed by atoms with Crippen molar-refractivity contribution in [1.29, 1.82) is 0 Å². The molecular weight excluding hydrogens is 409 g/mol. The molecule has 3 heterocycles. The number of aryl methyl sites for hydroxylation is 1. The van der Waals surface area contributed by atoms with E-state index in [1.807, 2.05) is 11.0 Å². The summed E-state index contributed by atoms with van der Waals surface area (Å²) in [4.78, 5) is 41.1. The molecular formula is C24H26FN5O2. The Kier molecular flexibility index (Phi) is 6.03. The first kappa shape index (κ1) is 21.7. The molecule has 3 aromatic rings. The first-order valence-corrected chi connectivity index (χ1v) is 10.7. The van der Waals surface area contributed by atoms with E-state index in [4.69, 9.17) is 0 Å². The number of amides is 2. The fourth-order valence-corrected chi connectivity index (χ4v) is 4.06. The van der Waals surface area contributed by atoms with E-state index in [1.165, 1.54) is 17.0 Å². The number of halogens is 1. The molecule has 2 amide bonds. The Hall–Kier alpha value is -3.55. The van der Waals surface area contributed by atoms with Crippen molar-refractivity contribution in [3.63, 3.8) is 0 Å². The monoisotopic (exact) mass is 435 g/mol. The van der Waals surface area contributed by atoms with E-state index in [1.54, 1.807) is 45.4 Å². The Balaban J connectivity index is 1.60. The Morgan fingerprint density at radius 1 is 1.19 bits per heavy atom. The molecule has 1 aromatic carbocycles. The molecule has 2 aromatic heterocycles. The Morgan fingerprint density at radius 3 is 2.72 bits per heavy atom. The van der Waals surface area contributed by atoms with Crippen molar-refractivity contribution in [2.75, 3.05) is 20.6 Å². The van der Waals surface area contributed by atoms with Crippen LogP contribution in [0.4, 0.5) is 4.39 Å². The highest BCUT2D eigenvalue weighted by atomic mass is 19.1. The molecule has 8 heteroatoms. The number of nitrogens with one attached hydrogen (secondary N) is 1. The minimum atomic E-state index is -0.313. The maximum absolute atomic E-state index is 13.6. The first-order valence-electron chi connectivity index (χ1n) is 10.7. The largest absolute Gasteiger partial charge is 0.343 e. The van der Waals surface area contributed by atoms with E-state index in [0.717, 1.165) is 19.3 Å². The quantitative estimate of drug-likeness (QED) is 0.672. The van der Waals surface area contributed by atoms with Crippen LogP contribution in [0.3, 0.4) is 0 Å². The lowest BCUT2D eigenvalue weighted by Gasteiger charge is -2.35. The molecule has 1 N–H and O–H groups in total. The van der Waals surface area contributed by atoms with Gasteiger partial charge in [0, 0.05) is 26.2 Å². The van der Waals surface area contributed by atoms with Gasteiger partial charge in [0.1, 0.15) is 17.3 Å². The van der Waals surface area contributed by atoms with Crippen molar-refractivity contribution in [1.82, 2.24) is 24.8 Å². The van der Waals surface area contributed by atoms with Gasteiger partial charge in [-0.3, -0.25) is 9.59 Å². The molecule has 7 nitrogen and oxygen atoms in total. The predicted octanol–water partition coefficient (Wildman–Crippen LogP) is 3.99. The maximum atomic E-state index is 13.6. The van der Waals surface area contributed by atoms with Gasteiger partial charge in [0.2, 0.25) is 0 Å². The Morgan fingerprint density at radius 2 is 2.00 bits per heavy atom. The van der Waals surface area contributed by atoms with Crippen LogP contribution in [0.25, 0.3) is 11.3 Å². The molecule has 32 heavy (non-hydrogen) atoms. The molecule has 166 valence electrons. The number of hydrogen-bond donors (Lipinski definition) is 1. The topological polar surface area (TPSA) is 82.2 Å². The number of H-pyrrole nitrogens is 1. The van der Waals surface area contributed by atoms with Crippen molar-refractivity contribution >= 4 is 11.8 Å². The van der Waals surface area contributed by atoms with E-state index in [0.29, 0.717) is 40.6 Å². The van der Waals surface area contributed by atoms with Gasteiger partial charge in [-0.2, -0.15) is 0 Å². The van der Waals surface area contributed by atoms with Crippen LogP contribution in [0.2, 0.25) is 0 Å². The molecule has 0 spiro atoms. The van der Waals surface area contributed by atoms with Gasteiger partial charge in [0.25, 0.3) is 11.8 Å². The molecule has 1 aliphatic heterocycles. The second-order valence-corrected chi connectivity index (χ2v) is 8.23. The first-order chi connectivity index (χ1) is 15.3. The van der Waals surface area contributed by atoms with Crippen molar-refractivity contribution in [2.45, 2.75) is 32.2 Å². The summed E-state index contributed by atoms with van der Waals surface area (Å²) < 4.78 is 13.6. The number of piperidine rings is 1.